The molecule has 1 fully saturated rings. The molecule has 2 N–H and O–H groups in total. The van der Waals surface area contributed by atoms with Crippen molar-refractivity contribution in [3.63, 3.8) is 0 Å². The predicted molar refractivity (Wildman–Crippen MR) is 74.7 cm³/mol. The zero-order valence-electron chi connectivity index (χ0n) is 11.1. The fraction of sp³-hybridized carbons (Fsp3) is 0.538. The van der Waals surface area contributed by atoms with E-state index in [-0.39, 0.29) is 17.9 Å². The molecule has 1 aromatic rings. The Kier molecular flexibility index (Phi) is 4.55. The first kappa shape index (κ1) is 14.0. The van der Waals surface area contributed by atoms with Crippen molar-refractivity contribution < 1.29 is 14.3 Å². The van der Waals surface area contributed by atoms with Gasteiger partial charge in [0, 0.05) is 4.88 Å². The Morgan fingerprint density at radius 3 is 3.00 bits per heavy atom. The number of hydrogen-bond acceptors (Lipinski definition) is 5. The molecular formula is C13H18N2O3S. The van der Waals surface area contributed by atoms with Crippen LogP contribution < -0.4 is 10.6 Å². The summed E-state index contributed by atoms with van der Waals surface area (Å²) in [6, 6.07) is 1.60. The third-order valence-electron chi connectivity index (χ3n) is 2.96. The number of thiophene rings is 1. The summed E-state index contributed by atoms with van der Waals surface area (Å²) in [5.41, 5.74) is 0.440. The van der Waals surface area contributed by atoms with Crippen molar-refractivity contribution in [2.75, 3.05) is 18.5 Å². The number of amides is 1. The van der Waals surface area contributed by atoms with E-state index in [0.29, 0.717) is 17.2 Å². The fourth-order valence-electron chi connectivity index (χ4n) is 2.07. The monoisotopic (exact) mass is 282 g/mol. The van der Waals surface area contributed by atoms with Crippen molar-refractivity contribution in [3.8, 4) is 0 Å². The van der Waals surface area contributed by atoms with E-state index in [1.54, 1.807) is 13.0 Å². The van der Waals surface area contributed by atoms with Crippen LogP contribution in [0.2, 0.25) is 0 Å². The first-order valence-corrected chi connectivity index (χ1v) is 7.25. The number of esters is 1. The van der Waals surface area contributed by atoms with Crippen molar-refractivity contribution in [2.45, 2.75) is 32.7 Å². The van der Waals surface area contributed by atoms with Gasteiger partial charge in [-0.05, 0) is 39.3 Å². The average molecular weight is 282 g/mol. The number of anilines is 1. The molecule has 1 saturated heterocycles. The van der Waals surface area contributed by atoms with Crippen LogP contribution in [0, 0.1) is 6.92 Å². The Morgan fingerprint density at radius 1 is 1.58 bits per heavy atom. The molecule has 0 aromatic carbocycles. The standard InChI is InChI=1S/C13H18N2O3S/c1-3-18-13(17)9-7-8(2)19-12(9)15-11(16)10-5-4-6-14-10/h7,10,14H,3-6H2,1-2H3,(H,15,16)/t10-/m0/s1. The topological polar surface area (TPSA) is 67.4 Å². The first-order chi connectivity index (χ1) is 9.11. The third-order valence-corrected chi connectivity index (χ3v) is 3.93. The summed E-state index contributed by atoms with van der Waals surface area (Å²) >= 11 is 1.40. The van der Waals surface area contributed by atoms with E-state index in [2.05, 4.69) is 10.6 Å². The van der Waals surface area contributed by atoms with Gasteiger partial charge in [0.2, 0.25) is 5.91 Å². The van der Waals surface area contributed by atoms with Gasteiger partial charge >= 0.3 is 5.97 Å². The predicted octanol–water partition coefficient (Wildman–Crippen LogP) is 1.92. The third kappa shape index (κ3) is 3.33. The van der Waals surface area contributed by atoms with E-state index in [9.17, 15) is 9.59 Å². The molecule has 1 amide bonds. The van der Waals surface area contributed by atoms with Gasteiger partial charge in [0.1, 0.15) is 5.00 Å². The van der Waals surface area contributed by atoms with Crippen molar-refractivity contribution in [1.29, 1.82) is 0 Å². The molecule has 19 heavy (non-hydrogen) atoms. The molecule has 0 bridgehead atoms. The lowest BCUT2D eigenvalue weighted by Crippen LogP contribution is -2.35. The Labute approximate surface area is 116 Å². The summed E-state index contributed by atoms with van der Waals surface area (Å²) in [5.74, 6) is -0.466. The van der Waals surface area contributed by atoms with Crippen LogP contribution in [0.3, 0.4) is 0 Å². The maximum atomic E-state index is 12.0. The van der Waals surface area contributed by atoms with Gasteiger partial charge in [0.15, 0.2) is 0 Å². The Bertz CT molecular complexity index is 478. The van der Waals surface area contributed by atoms with Gasteiger partial charge in [-0.3, -0.25) is 4.79 Å². The van der Waals surface area contributed by atoms with Gasteiger partial charge in [-0.1, -0.05) is 0 Å². The first-order valence-electron chi connectivity index (χ1n) is 6.43. The SMILES string of the molecule is CCOC(=O)c1cc(C)sc1NC(=O)[C@@H]1CCCN1. The summed E-state index contributed by atoms with van der Waals surface area (Å²) in [5, 5.41) is 6.54. The lowest BCUT2D eigenvalue weighted by Gasteiger charge is -2.10. The molecule has 1 aromatic heterocycles. The quantitative estimate of drug-likeness (QED) is 0.828. The highest BCUT2D eigenvalue weighted by atomic mass is 32.1. The van der Waals surface area contributed by atoms with E-state index in [1.807, 2.05) is 6.92 Å². The van der Waals surface area contributed by atoms with E-state index < -0.39 is 0 Å². The second-order valence-electron chi connectivity index (χ2n) is 4.46. The van der Waals surface area contributed by atoms with Crippen LogP contribution in [0.15, 0.2) is 6.07 Å². The Hall–Kier alpha value is -1.40. The molecular weight excluding hydrogens is 264 g/mol. The lowest BCUT2D eigenvalue weighted by molar-refractivity contribution is -0.117. The molecule has 2 heterocycles. The minimum Gasteiger partial charge on any atom is -0.462 e. The zero-order valence-corrected chi connectivity index (χ0v) is 11.9. The van der Waals surface area contributed by atoms with Gasteiger partial charge in [0.05, 0.1) is 18.2 Å². The van der Waals surface area contributed by atoms with E-state index in [1.165, 1.54) is 11.3 Å². The number of aryl methyl sites for hydroxylation is 1. The van der Waals surface area contributed by atoms with Crippen LogP contribution in [0.4, 0.5) is 5.00 Å². The summed E-state index contributed by atoms with van der Waals surface area (Å²) in [6.45, 7) is 4.85. The molecule has 1 aliphatic rings. The maximum Gasteiger partial charge on any atom is 0.341 e. The molecule has 6 heteroatoms. The summed E-state index contributed by atoms with van der Waals surface area (Å²) in [7, 11) is 0. The summed E-state index contributed by atoms with van der Waals surface area (Å²) in [6.07, 6.45) is 1.84. The molecule has 0 saturated carbocycles. The lowest BCUT2D eigenvalue weighted by atomic mass is 10.2. The normalized spacial score (nSPS) is 18.3. The second kappa shape index (κ2) is 6.16. The molecule has 2 rings (SSSR count). The highest BCUT2D eigenvalue weighted by molar-refractivity contribution is 7.16. The molecule has 1 atom stereocenters. The number of nitrogens with one attached hydrogen (secondary N) is 2. The maximum absolute atomic E-state index is 12.0. The highest BCUT2D eigenvalue weighted by Gasteiger charge is 2.24. The number of carbonyl (C=O) groups excluding carboxylic acids is 2. The number of rotatable bonds is 4. The van der Waals surface area contributed by atoms with E-state index in [4.69, 9.17) is 4.74 Å². The highest BCUT2D eigenvalue weighted by Crippen LogP contribution is 2.28. The molecule has 0 spiro atoms. The van der Waals surface area contributed by atoms with Crippen LogP contribution in [0.5, 0.6) is 0 Å². The Morgan fingerprint density at radius 2 is 2.37 bits per heavy atom. The van der Waals surface area contributed by atoms with Gasteiger partial charge in [0.25, 0.3) is 0 Å². The second-order valence-corrected chi connectivity index (χ2v) is 5.71. The van der Waals surface area contributed by atoms with Crippen LogP contribution >= 0.6 is 11.3 Å². The summed E-state index contributed by atoms with van der Waals surface area (Å²) in [4.78, 5) is 24.8. The minimum absolute atomic E-state index is 0.0788. The number of hydrogen-bond donors (Lipinski definition) is 2. The van der Waals surface area contributed by atoms with Gasteiger partial charge in [-0.25, -0.2) is 4.79 Å². The fourth-order valence-corrected chi connectivity index (χ4v) is 2.98. The smallest absolute Gasteiger partial charge is 0.341 e. The van der Waals surface area contributed by atoms with E-state index >= 15 is 0 Å². The minimum atomic E-state index is -0.387. The average Bonchev–Trinajstić information content (AvgIpc) is 2.98. The van der Waals surface area contributed by atoms with Gasteiger partial charge in [-0.2, -0.15) is 0 Å². The van der Waals surface area contributed by atoms with Crippen molar-refractivity contribution in [3.05, 3.63) is 16.5 Å². The van der Waals surface area contributed by atoms with Crippen LogP contribution in [-0.2, 0) is 9.53 Å². The zero-order chi connectivity index (χ0) is 13.8. The largest absolute Gasteiger partial charge is 0.462 e. The van der Waals surface area contributed by atoms with Crippen molar-refractivity contribution in [1.82, 2.24) is 5.32 Å². The molecule has 0 unspecified atom stereocenters. The van der Waals surface area contributed by atoms with Gasteiger partial charge < -0.3 is 15.4 Å². The molecule has 0 aliphatic carbocycles. The molecule has 1 aliphatic heterocycles. The molecule has 104 valence electrons. The van der Waals surface area contributed by atoms with Crippen LogP contribution in [-0.4, -0.2) is 31.1 Å². The number of carbonyl (C=O) groups is 2. The van der Waals surface area contributed by atoms with Crippen molar-refractivity contribution >= 4 is 28.2 Å². The molecule has 5 nitrogen and oxygen atoms in total. The van der Waals surface area contributed by atoms with Crippen LogP contribution in [0.25, 0.3) is 0 Å². The van der Waals surface area contributed by atoms with Gasteiger partial charge in [-0.15, -0.1) is 11.3 Å². The van der Waals surface area contributed by atoms with Crippen molar-refractivity contribution in [2.24, 2.45) is 0 Å². The van der Waals surface area contributed by atoms with E-state index in [0.717, 1.165) is 24.3 Å². The number of ether oxygens (including phenoxy) is 1. The molecule has 0 radical (unpaired) electrons. The Balaban J connectivity index is 2.10. The van der Waals surface area contributed by atoms with Crippen LogP contribution in [0.1, 0.15) is 35.0 Å². The summed E-state index contributed by atoms with van der Waals surface area (Å²) < 4.78 is 4.99.